The Bertz CT molecular complexity index is 2060. The van der Waals surface area contributed by atoms with Crippen LogP contribution in [0.4, 0.5) is 5.13 Å². The van der Waals surface area contributed by atoms with Crippen molar-refractivity contribution < 1.29 is 49.0 Å². The summed E-state index contributed by atoms with van der Waals surface area (Å²) < 4.78 is 3.58. The number of allylic oxidation sites excluding steroid dienone is 2. The number of nitrogen functional groups attached to an aromatic ring is 1. The van der Waals surface area contributed by atoms with E-state index in [1.54, 1.807) is 35.1 Å². The molecule has 0 spiro atoms. The number of carbonyl (C=O) groups excluding carboxylic acids is 3. The number of nitrogens with one attached hydrogen (secondary N) is 1. The van der Waals surface area contributed by atoms with E-state index >= 15 is 0 Å². The van der Waals surface area contributed by atoms with Crippen LogP contribution in [0.25, 0.3) is 5.65 Å². The summed E-state index contributed by atoms with van der Waals surface area (Å²) in [5.41, 5.74) is 3.65. The third-order valence-corrected chi connectivity index (χ3v) is 9.45. The quantitative estimate of drug-likeness (QED) is 0.0419. The van der Waals surface area contributed by atoms with Gasteiger partial charge in [-0.3, -0.25) is 14.5 Å². The fourth-order valence-electron chi connectivity index (χ4n) is 5.22. The fourth-order valence-corrected chi connectivity index (χ4v) is 7.14. The SMILES string of the molecule is Nc1nc(C(O/N=C\C(=O)N[C@H]2C(=O)N3C(C(=O)[O-])=C(/C=C/C[n+]4ccn5ncccc54)CS[C@H]23)(C(=O)O)c2ccc(O)c(O)c2)cs1. The number of phenolic OH excluding ortho intramolecular Hbond substituents is 2. The second kappa shape index (κ2) is 12.7. The highest BCUT2D eigenvalue weighted by molar-refractivity contribution is 8.00. The molecular weight excluding hydrogens is 669 g/mol. The van der Waals surface area contributed by atoms with Gasteiger partial charge in [0.2, 0.25) is 0 Å². The number of imidazole rings is 1. The predicted molar refractivity (Wildman–Crippen MR) is 166 cm³/mol. The van der Waals surface area contributed by atoms with Crippen LogP contribution in [0.5, 0.6) is 11.5 Å². The number of aromatic hydroxyl groups is 2. The Labute approximate surface area is 277 Å². The van der Waals surface area contributed by atoms with Crippen LogP contribution < -0.4 is 20.7 Å². The van der Waals surface area contributed by atoms with Crippen molar-refractivity contribution in [3.05, 3.63) is 89.0 Å². The van der Waals surface area contributed by atoms with Crippen LogP contribution in [0.15, 0.2) is 82.9 Å². The molecule has 1 fully saturated rings. The summed E-state index contributed by atoms with van der Waals surface area (Å²) in [6, 6.07) is 5.66. The third-order valence-electron chi connectivity index (χ3n) is 7.47. The molecule has 19 heteroatoms. The van der Waals surface area contributed by atoms with Crippen molar-refractivity contribution in [3.63, 3.8) is 0 Å². The molecule has 2 aliphatic rings. The van der Waals surface area contributed by atoms with Gasteiger partial charge < -0.3 is 41.1 Å². The number of amides is 2. The van der Waals surface area contributed by atoms with Crippen LogP contribution in [-0.2, 0) is 36.2 Å². The minimum Gasteiger partial charge on any atom is -0.543 e. The number of thiazole rings is 1. The number of hydrogen-bond acceptors (Lipinski definition) is 14. The number of hydrogen-bond donors (Lipinski definition) is 5. The number of carboxylic acids is 2. The molecule has 1 aromatic carbocycles. The van der Waals surface area contributed by atoms with Gasteiger partial charge in [0.1, 0.15) is 36.1 Å². The lowest BCUT2D eigenvalue weighted by molar-refractivity contribution is -0.660. The lowest BCUT2D eigenvalue weighted by Crippen LogP contribution is -2.71. The zero-order chi connectivity index (χ0) is 34.2. The molecule has 3 atom stereocenters. The summed E-state index contributed by atoms with van der Waals surface area (Å²) >= 11 is 2.13. The normalized spacial score (nSPS) is 18.9. The second-order valence-corrected chi connectivity index (χ2v) is 12.3. The lowest BCUT2D eigenvalue weighted by Gasteiger charge is -2.50. The zero-order valence-corrected chi connectivity index (χ0v) is 26.0. The van der Waals surface area contributed by atoms with Crippen molar-refractivity contribution in [2.24, 2.45) is 5.16 Å². The molecule has 1 saturated heterocycles. The summed E-state index contributed by atoms with van der Waals surface area (Å²) in [6.45, 7) is 0.404. The highest BCUT2D eigenvalue weighted by Crippen LogP contribution is 2.41. The second-order valence-electron chi connectivity index (χ2n) is 10.3. The van der Waals surface area contributed by atoms with E-state index in [0.29, 0.717) is 18.3 Å². The van der Waals surface area contributed by atoms with Gasteiger partial charge in [-0.25, -0.2) is 14.3 Å². The first-order chi connectivity index (χ1) is 23.0. The number of rotatable bonds is 11. The fraction of sp³-hybridized carbons (Fsp3) is 0.172. The van der Waals surface area contributed by atoms with Crippen molar-refractivity contribution >= 4 is 63.8 Å². The molecule has 6 N–H and O–H groups in total. The molecule has 4 aromatic rings. The van der Waals surface area contributed by atoms with Crippen molar-refractivity contribution in [2.45, 2.75) is 23.6 Å². The molecule has 0 bridgehead atoms. The third kappa shape index (κ3) is 5.64. The number of fused-ring (bicyclic) bond motifs is 2. The van der Waals surface area contributed by atoms with Crippen molar-refractivity contribution in [1.29, 1.82) is 0 Å². The molecule has 3 aromatic heterocycles. The maximum Gasteiger partial charge on any atom is 0.362 e. The smallest absolute Gasteiger partial charge is 0.362 e. The Morgan fingerprint density at radius 1 is 1.27 bits per heavy atom. The molecular formula is C29H24N8O9S2. The molecule has 5 heterocycles. The van der Waals surface area contributed by atoms with Gasteiger partial charge in [-0.1, -0.05) is 16.3 Å². The Morgan fingerprint density at radius 3 is 2.79 bits per heavy atom. The number of nitrogens with two attached hydrogens (primary N) is 1. The number of benzene rings is 1. The van der Waals surface area contributed by atoms with Gasteiger partial charge in [0.15, 0.2) is 22.8 Å². The number of oxime groups is 1. The van der Waals surface area contributed by atoms with Gasteiger partial charge in [-0.2, -0.15) is 0 Å². The van der Waals surface area contributed by atoms with Crippen molar-refractivity contribution in [3.8, 4) is 11.5 Å². The Kier molecular flexibility index (Phi) is 8.46. The molecule has 0 radical (unpaired) electrons. The number of aromatic nitrogens is 4. The van der Waals surface area contributed by atoms with Crippen LogP contribution in [0.3, 0.4) is 0 Å². The van der Waals surface area contributed by atoms with E-state index in [4.69, 9.17) is 10.6 Å². The van der Waals surface area contributed by atoms with Crippen molar-refractivity contribution in [2.75, 3.05) is 11.5 Å². The summed E-state index contributed by atoms with van der Waals surface area (Å²) in [7, 11) is 0. The summed E-state index contributed by atoms with van der Waals surface area (Å²) in [4.78, 5) is 61.0. The van der Waals surface area contributed by atoms with Crippen LogP contribution in [0.2, 0.25) is 0 Å². The van der Waals surface area contributed by atoms with Gasteiger partial charge in [0, 0.05) is 22.8 Å². The first-order valence-electron chi connectivity index (χ1n) is 13.9. The number of nitrogens with zero attached hydrogens (tertiary/aromatic N) is 6. The molecule has 246 valence electrons. The average Bonchev–Trinajstić information content (AvgIpc) is 3.69. The highest BCUT2D eigenvalue weighted by atomic mass is 32.2. The predicted octanol–water partition coefficient (Wildman–Crippen LogP) is -0.937. The van der Waals surface area contributed by atoms with E-state index in [0.717, 1.165) is 40.1 Å². The first-order valence-corrected chi connectivity index (χ1v) is 15.8. The van der Waals surface area contributed by atoms with Gasteiger partial charge in [-0.05, 0) is 35.9 Å². The van der Waals surface area contributed by atoms with Crippen LogP contribution >= 0.6 is 23.1 Å². The van der Waals surface area contributed by atoms with Gasteiger partial charge >= 0.3 is 17.2 Å². The number of aliphatic carboxylic acids is 2. The van der Waals surface area contributed by atoms with Gasteiger partial charge in [0.25, 0.3) is 11.8 Å². The van der Waals surface area contributed by atoms with Crippen molar-refractivity contribution in [1.82, 2.24) is 24.8 Å². The molecule has 48 heavy (non-hydrogen) atoms. The summed E-state index contributed by atoms with van der Waals surface area (Å²) in [5.74, 6) is -5.81. The standard InChI is InChI=1S/C29H24N8O9S2/c30-28-33-19(14-48-28)29(27(44)45,16-5-6-17(38)18(39)11-16)46-32-12-20(40)34-22-24(41)37-23(26(42)43)15(13-47-25(22)37)3-2-8-35-9-10-36-21(35)4-1-7-31-36/h1-7,9-12,14,22,25,31H,8,13H2,(H5,30,33,34,40,42,43,44,45)/b3-2+,32-12-/t22-,25+,29?/m0/s1. The Morgan fingerprint density at radius 2 is 2.08 bits per heavy atom. The van der Waals surface area contributed by atoms with E-state index in [9.17, 15) is 39.6 Å². The molecule has 2 aliphatic heterocycles. The number of β-lactam (4-membered cyclic amide) rings is 1. The van der Waals surface area contributed by atoms with Gasteiger partial charge in [0.05, 0.1) is 17.9 Å². The lowest BCUT2D eigenvalue weighted by atomic mass is 9.90. The Hall–Kier alpha value is -5.95. The number of carboxylic acid groups (broad SMARTS) is 2. The number of phenols is 2. The minimum absolute atomic E-state index is 0.00298. The van der Waals surface area contributed by atoms with E-state index < -0.39 is 52.3 Å². The number of thioether (sulfide) groups is 1. The maximum atomic E-state index is 13.1. The largest absolute Gasteiger partial charge is 0.543 e. The topological polar surface area (TPSA) is 249 Å². The molecule has 17 nitrogen and oxygen atoms in total. The monoisotopic (exact) mass is 692 g/mol. The molecule has 0 saturated carbocycles. The average molecular weight is 693 g/mol. The number of carbonyl (C=O) groups is 4. The van der Waals surface area contributed by atoms with Crippen LogP contribution in [-0.4, -0.2) is 82.0 Å². The van der Waals surface area contributed by atoms with E-state index in [1.807, 2.05) is 16.8 Å². The van der Waals surface area contributed by atoms with E-state index in [2.05, 4.69) is 20.6 Å². The molecule has 1 unspecified atom stereocenters. The first kappa shape index (κ1) is 32.0. The van der Waals surface area contributed by atoms with Gasteiger partial charge in [-0.15, -0.1) is 27.6 Å². The highest BCUT2D eigenvalue weighted by Gasteiger charge is 2.53. The number of anilines is 1. The zero-order valence-electron chi connectivity index (χ0n) is 24.4. The minimum atomic E-state index is -2.50. The summed E-state index contributed by atoms with van der Waals surface area (Å²) in [5, 5.41) is 52.8. The Balaban J connectivity index is 1.16. The van der Waals surface area contributed by atoms with E-state index in [1.165, 1.54) is 17.1 Å². The molecule has 6 rings (SSSR count). The molecule has 2 amide bonds. The van der Waals surface area contributed by atoms with Crippen LogP contribution in [0, 0.1) is 0 Å². The summed E-state index contributed by atoms with van der Waals surface area (Å²) in [6.07, 6.45) is 9.21. The van der Waals surface area contributed by atoms with E-state index in [-0.39, 0.29) is 27.8 Å². The molecule has 0 aliphatic carbocycles. The van der Waals surface area contributed by atoms with Crippen LogP contribution in [0.1, 0.15) is 11.3 Å². The maximum absolute atomic E-state index is 13.1.